The molecular weight excluding hydrogens is 507 g/mol. The average molecular weight is 543 g/mol. The second kappa shape index (κ2) is 12.1. The number of aliphatic hydroxyl groups is 2. The second-order valence-corrected chi connectivity index (χ2v) is 10.6. The summed E-state index contributed by atoms with van der Waals surface area (Å²) < 4.78 is 21.8. The van der Waals surface area contributed by atoms with E-state index >= 15 is 0 Å². The Morgan fingerprint density at radius 3 is 2.25 bits per heavy atom. The van der Waals surface area contributed by atoms with Crippen LogP contribution in [0, 0.1) is 5.82 Å². The van der Waals surface area contributed by atoms with Gasteiger partial charge < -0.3 is 24.8 Å². The van der Waals surface area contributed by atoms with Crippen LogP contribution in [0.5, 0.6) is 0 Å². The Labute approximate surface area is 234 Å². The lowest BCUT2D eigenvalue weighted by molar-refractivity contribution is -0.160. The highest BCUT2D eigenvalue weighted by Crippen LogP contribution is 2.45. The highest BCUT2D eigenvalue weighted by Gasteiger charge is 2.32. The lowest BCUT2D eigenvalue weighted by atomic mass is 9.94. The Bertz CT molecular complexity index is 1440. The largest absolute Gasteiger partial charge is 0.462 e. The predicted molar refractivity (Wildman–Crippen MR) is 154 cm³/mol. The molecule has 208 valence electrons. The van der Waals surface area contributed by atoms with Crippen molar-refractivity contribution in [2.75, 3.05) is 5.32 Å². The van der Waals surface area contributed by atoms with Crippen LogP contribution in [0.25, 0.3) is 22.4 Å². The summed E-state index contributed by atoms with van der Waals surface area (Å²) >= 11 is 0. The summed E-state index contributed by atoms with van der Waals surface area (Å²) in [6, 6.07) is 25.8. The van der Waals surface area contributed by atoms with Crippen molar-refractivity contribution in [1.82, 2.24) is 4.57 Å². The van der Waals surface area contributed by atoms with Crippen LogP contribution in [-0.4, -0.2) is 33.0 Å². The van der Waals surface area contributed by atoms with Gasteiger partial charge in [0, 0.05) is 41.9 Å². The maximum Gasteiger partial charge on any atom is 0.308 e. The molecule has 0 amide bonds. The van der Waals surface area contributed by atoms with Gasteiger partial charge in [0.25, 0.3) is 0 Å². The fraction of sp³-hybridized carbons (Fsp3) is 0.303. The molecule has 3 N–H and O–H groups in total. The van der Waals surface area contributed by atoms with E-state index in [9.17, 15) is 19.4 Å². The van der Waals surface area contributed by atoms with E-state index in [2.05, 4.69) is 23.7 Å². The molecule has 1 aliphatic rings. The quantitative estimate of drug-likeness (QED) is 0.163. The number of cyclic esters (lactones) is 1. The molecule has 0 spiro atoms. The maximum atomic E-state index is 14.0. The van der Waals surface area contributed by atoms with Gasteiger partial charge in [-0.15, -0.1) is 0 Å². The van der Waals surface area contributed by atoms with Crippen molar-refractivity contribution in [1.29, 1.82) is 0 Å². The molecule has 40 heavy (non-hydrogen) atoms. The van der Waals surface area contributed by atoms with Crippen LogP contribution in [0.4, 0.5) is 10.1 Å². The molecule has 3 atom stereocenters. The van der Waals surface area contributed by atoms with Gasteiger partial charge >= 0.3 is 5.97 Å². The second-order valence-electron chi connectivity index (χ2n) is 10.6. The summed E-state index contributed by atoms with van der Waals surface area (Å²) in [6.45, 7) is 4.64. The van der Waals surface area contributed by atoms with Gasteiger partial charge in [0.1, 0.15) is 11.9 Å². The number of nitrogens with zero attached hydrogens (tertiary/aromatic N) is 1. The molecule has 1 aliphatic heterocycles. The van der Waals surface area contributed by atoms with Crippen LogP contribution < -0.4 is 5.32 Å². The Morgan fingerprint density at radius 1 is 0.975 bits per heavy atom. The van der Waals surface area contributed by atoms with Crippen molar-refractivity contribution in [2.45, 2.75) is 64.0 Å². The molecule has 2 heterocycles. The van der Waals surface area contributed by atoms with Gasteiger partial charge in [0.2, 0.25) is 0 Å². The standard InChI is InChI=1S/C33H35FN2O4/c1-21(2)31-30(33(39)35-25-11-7-4-8-12-25)29(22-9-5-3-6-10-22)32(23-13-15-24(34)16-14-23)36(31)18-17-27-19-26(37)20-28(38)40-27/h3-16,21,26-27,33,35,37,39H,17-20H2,1-2H3/t26-,27+,33?/m0/s1. The molecule has 3 aromatic carbocycles. The van der Waals surface area contributed by atoms with E-state index < -0.39 is 24.4 Å². The molecule has 1 aromatic heterocycles. The van der Waals surface area contributed by atoms with E-state index in [4.69, 9.17) is 4.74 Å². The number of anilines is 1. The summed E-state index contributed by atoms with van der Waals surface area (Å²) in [7, 11) is 0. The molecule has 7 heteroatoms. The van der Waals surface area contributed by atoms with Gasteiger partial charge in [-0.25, -0.2) is 4.39 Å². The molecule has 6 nitrogen and oxygen atoms in total. The molecule has 1 unspecified atom stereocenters. The van der Waals surface area contributed by atoms with Crippen molar-refractivity contribution in [3.8, 4) is 22.4 Å². The first-order valence-corrected chi connectivity index (χ1v) is 13.8. The smallest absolute Gasteiger partial charge is 0.308 e. The summed E-state index contributed by atoms with van der Waals surface area (Å²) in [5.74, 6) is -0.716. The first-order chi connectivity index (χ1) is 19.3. The first-order valence-electron chi connectivity index (χ1n) is 13.8. The summed E-state index contributed by atoms with van der Waals surface area (Å²) in [5.41, 5.74) is 5.88. The number of halogens is 1. The van der Waals surface area contributed by atoms with Gasteiger partial charge in [-0.1, -0.05) is 62.4 Å². The molecule has 4 aromatic rings. The number of hydrogen-bond donors (Lipinski definition) is 3. The minimum atomic E-state index is -1.04. The Kier molecular flexibility index (Phi) is 8.33. The highest BCUT2D eigenvalue weighted by atomic mass is 19.1. The van der Waals surface area contributed by atoms with E-state index in [1.165, 1.54) is 12.1 Å². The Balaban J connectivity index is 1.70. The average Bonchev–Trinajstić information content (AvgIpc) is 3.28. The zero-order chi connectivity index (χ0) is 28.2. The molecule has 0 bridgehead atoms. The maximum absolute atomic E-state index is 14.0. The van der Waals surface area contributed by atoms with Gasteiger partial charge in [0.15, 0.2) is 6.23 Å². The topological polar surface area (TPSA) is 83.7 Å². The number of ether oxygens (including phenoxy) is 1. The minimum Gasteiger partial charge on any atom is -0.462 e. The van der Waals surface area contributed by atoms with Crippen LogP contribution in [-0.2, 0) is 16.1 Å². The van der Waals surface area contributed by atoms with E-state index in [1.807, 2.05) is 60.7 Å². The summed E-state index contributed by atoms with van der Waals surface area (Å²) in [4.78, 5) is 12.0. The SMILES string of the molecule is CC(C)c1c(C(O)Nc2ccccc2)c(-c2ccccc2)c(-c2ccc(F)cc2)n1CC[C@@H]1C[C@H](O)CC(=O)O1. The fourth-order valence-corrected chi connectivity index (χ4v) is 5.67. The first kappa shape index (κ1) is 27.6. The number of para-hydroxylation sites is 1. The number of carbonyl (C=O) groups is 1. The van der Waals surface area contributed by atoms with Gasteiger partial charge in [0.05, 0.1) is 18.2 Å². The molecule has 5 rings (SSSR count). The molecule has 1 fully saturated rings. The lowest BCUT2D eigenvalue weighted by Gasteiger charge is -2.27. The number of aromatic nitrogens is 1. The third-order valence-corrected chi connectivity index (χ3v) is 7.33. The fourth-order valence-electron chi connectivity index (χ4n) is 5.67. The van der Waals surface area contributed by atoms with Gasteiger partial charge in [-0.3, -0.25) is 4.79 Å². The number of hydrogen-bond acceptors (Lipinski definition) is 5. The molecule has 0 aliphatic carbocycles. The van der Waals surface area contributed by atoms with E-state index in [0.29, 0.717) is 19.4 Å². The number of benzene rings is 3. The predicted octanol–water partition coefficient (Wildman–Crippen LogP) is 6.64. The number of aliphatic hydroxyl groups excluding tert-OH is 2. The molecule has 0 saturated carbocycles. The van der Waals surface area contributed by atoms with Crippen molar-refractivity contribution in [3.05, 3.63) is 102 Å². The van der Waals surface area contributed by atoms with Crippen molar-refractivity contribution < 1.29 is 24.1 Å². The Morgan fingerprint density at radius 2 is 1.62 bits per heavy atom. The minimum absolute atomic E-state index is 0.0117. The number of rotatable bonds is 9. The van der Waals surface area contributed by atoms with Crippen molar-refractivity contribution >= 4 is 11.7 Å². The number of carbonyl (C=O) groups excluding carboxylic acids is 1. The van der Waals surface area contributed by atoms with Crippen LogP contribution in [0.3, 0.4) is 0 Å². The summed E-state index contributed by atoms with van der Waals surface area (Å²) in [6.07, 6.45) is -1.30. The van der Waals surface area contributed by atoms with Crippen LogP contribution in [0.2, 0.25) is 0 Å². The molecule has 1 saturated heterocycles. The monoisotopic (exact) mass is 542 g/mol. The van der Waals surface area contributed by atoms with Gasteiger partial charge in [-0.05, 0) is 53.4 Å². The van der Waals surface area contributed by atoms with E-state index in [-0.39, 0.29) is 18.2 Å². The zero-order valence-electron chi connectivity index (χ0n) is 22.8. The van der Waals surface area contributed by atoms with Gasteiger partial charge in [-0.2, -0.15) is 0 Å². The number of nitrogens with one attached hydrogen (secondary N) is 1. The van der Waals surface area contributed by atoms with Crippen LogP contribution in [0.15, 0.2) is 84.9 Å². The molecule has 0 radical (unpaired) electrons. The van der Waals surface area contributed by atoms with E-state index in [0.717, 1.165) is 39.3 Å². The highest BCUT2D eigenvalue weighted by molar-refractivity contribution is 5.86. The third-order valence-electron chi connectivity index (χ3n) is 7.33. The lowest BCUT2D eigenvalue weighted by Crippen LogP contribution is -2.33. The zero-order valence-corrected chi connectivity index (χ0v) is 22.8. The van der Waals surface area contributed by atoms with E-state index in [1.54, 1.807) is 12.1 Å². The normalized spacial score (nSPS) is 18.0. The molecular formula is C33H35FN2O4. The van der Waals surface area contributed by atoms with Crippen LogP contribution in [0.1, 0.15) is 56.5 Å². The number of esters is 1. The van der Waals surface area contributed by atoms with Crippen LogP contribution >= 0.6 is 0 Å². The van der Waals surface area contributed by atoms with Crippen molar-refractivity contribution in [3.63, 3.8) is 0 Å². The Hall–Kier alpha value is -3.94. The third kappa shape index (κ3) is 5.96. The van der Waals surface area contributed by atoms with Crippen molar-refractivity contribution in [2.24, 2.45) is 0 Å². The summed E-state index contributed by atoms with van der Waals surface area (Å²) in [5, 5.41) is 25.2.